The smallest absolute Gasteiger partial charge is 0.123 e. The third-order valence-corrected chi connectivity index (χ3v) is 5.52. The highest BCUT2D eigenvalue weighted by atomic mass is 16.3. The molecule has 4 N–H and O–H groups in total. The highest BCUT2D eigenvalue weighted by molar-refractivity contribution is 5.86. The third kappa shape index (κ3) is 3.20. The molecule has 0 radical (unpaired) electrons. The van der Waals surface area contributed by atoms with Crippen LogP contribution in [0.15, 0.2) is 108 Å². The summed E-state index contributed by atoms with van der Waals surface area (Å²) in [5.74, 6) is -0.574. The maximum Gasteiger partial charge on any atom is 0.123 e. The highest BCUT2D eigenvalue weighted by Crippen LogP contribution is 2.58. The lowest BCUT2D eigenvalue weighted by atomic mass is 9.66. The van der Waals surface area contributed by atoms with Crippen molar-refractivity contribution in [2.75, 3.05) is 0 Å². The van der Waals surface area contributed by atoms with Crippen LogP contribution in [0.1, 0.15) is 31.9 Å². The number of rotatable bonds is 5. The molecule has 0 unspecified atom stereocenters. The van der Waals surface area contributed by atoms with E-state index in [9.17, 15) is 20.4 Å². The fourth-order valence-corrected chi connectivity index (χ4v) is 4.42. The van der Waals surface area contributed by atoms with Gasteiger partial charge in [-0.25, -0.2) is 0 Å². The number of aliphatic hydroxyl groups is 4. The predicted octanol–water partition coefficient (Wildman–Crippen LogP) is 6.71. The van der Waals surface area contributed by atoms with Crippen molar-refractivity contribution >= 4 is 0 Å². The normalized spacial score (nSPS) is 16.6. The molecule has 0 spiro atoms. The van der Waals surface area contributed by atoms with Crippen LogP contribution in [0.2, 0.25) is 0 Å². The zero-order valence-corrected chi connectivity index (χ0v) is 17.3. The Morgan fingerprint density at radius 2 is 1.33 bits per heavy atom. The minimum atomic E-state index is -1.03. The molecule has 0 saturated carbocycles. The van der Waals surface area contributed by atoms with Crippen molar-refractivity contribution in [1.29, 1.82) is 0 Å². The molecule has 0 fully saturated rings. The highest BCUT2D eigenvalue weighted by Gasteiger charge is 2.49. The average molecular weight is 402 g/mol. The predicted molar refractivity (Wildman–Crippen MR) is 121 cm³/mol. The minimum absolute atomic E-state index is 0.0351. The van der Waals surface area contributed by atoms with Crippen molar-refractivity contribution in [2.45, 2.75) is 26.2 Å². The topological polar surface area (TPSA) is 80.9 Å². The lowest BCUT2D eigenvalue weighted by Crippen LogP contribution is -2.31. The van der Waals surface area contributed by atoms with E-state index in [1.165, 1.54) is 19.1 Å². The first-order chi connectivity index (χ1) is 14.2. The van der Waals surface area contributed by atoms with E-state index >= 15 is 0 Å². The second-order valence-corrected chi connectivity index (χ2v) is 7.36. The molecule has 4 heteroatoms. The van der Waals surface area contributed by atoms with Crippen LogP contribution in [0.25, 0.3) is 11.1 Å². The Balaban J connectivity index is 2.53. The van der Waals surface area contributed by atoms with Gasteiger partial charge in [-0.15, -0.1) is 0 Å². The number of fused-ring (bicyclic) bond motifs is 3. The quantitative estimate of drug-likeness (QED) is 0.331. The van der Waals surface area contributed by atoms with E-state index in [1.54, 1.807) is 19.9 Å². The molecule has 1 aliphatic carbocycles. The standard InChI is InChI=1S/C26H26O4/c1-5-21(25(30)15-17(3)28)26(18(4)24(29)14-16(2)27)22-12-8-6-10-19(22)20-11-7-9-13-23(20)26/h5-15,27-30H,3H2,1-2,4H3/b16-14+,21-5+,24-18-,25-15+. The van der Waals surface area contributed by atoms with E-state index in [4.69, 9.17) is 0 Å². The summed E-state index contributed by atoms with van der Waals surface area (Å²) in [5.41, 5.74) is 3.73. The lowest BCUT2D eigenvalue weighted by molar-refractivity contribution is 0.379. The summed E-state index contributed by atoms with van der Waals surface area (Å²) in [5, 5.41) is 41.3. The van der Waals surface area contributed by atoms with Crippen molar-refractivity contribution in [1.82, 2.24) is 0 Å². The molecule has 0 saturated heterocycles. The van der Waals surface area contributed by atoms with E-state index in [2.05, 4.69) is 6.58 Å². The van der Waals surface area contributed by atoms with Crippen LogP contribution in [-0.4, -0.2) is 20.4 Å². The molecule has 154 valence electrons. The van der Waals surface area contributed by atoms with Gasteiger partial charge in [-0.1, -0.05) is 61.2 Å². The van der Waals surface area contributed by atoms with Gasteiger partial charge in [0.05, 0.1) is 11.2 Å². The summed E-state index contributed by atoms with van der Waals surface area (Å²) >= 11 is 0. The molecule has 0 bridgehead atoms. The van der Waals surface area contributed by atoms with E-state index in [0.29, 0.717) is 11.1 Å². The second-order valence-electron chi connectivity index (χ2n) is 7.36. The van der Waals surface area contributed by atoms with Crippen LogP contribution in [-0.2, 0) is 5.41 Å². The molecule has 2 aromatic carbocycles. The van der Waals surface area contributed by atoms with Crippen LogP contribution in [0.3, 0.4) is 0 Å². The molecule has 0 atom stereocenters. The molecule has 2 aromatic rings. The van der Waals surface area contributed by atoms with Crippen LogP contribution in [0, 0.1) is 0 Å². The monoisotopic (exact) mass is 402 g/mol. The fraction of sp³-hybridized carbons (Fsp3) is 0.154. The summed E-state index contributed by atoms with van der Waals surface area (Å²) in [6, 6.07) is 15.7. The van der Waals surface area contributed by atoms with Gasteiger partial charge in [0.2, 0.25) is 0 Å². The minimum Gasteiger partial charge on any atom is -0.512 e. The molecule has 0 heterocycles. The lowest BCUT2D eigenvalue weighted by Gasteiger charge is -2.36. The van der Waals surface area contributed by atoms with Gasteiger partial charge in [-0.2, -0.15) is 0 Å². The first kappa shape index (κ1) is 21.1. The Kier molecular flexibility index (Phi) is 5.61. The summed E-state index contributed by atoms with van der Waals surface area (Å²) in [6.07, 6.45) is 4.25. The van der Waals surface area contributed by atoms with Crippen LogP contribution in [0.5, 0.6) is 0 Å². The molecule has 30 heavy (non-hydrogen) atoms. The Labute approximate surface area is 176 Å². The van der Waals surface area contributed by atoms with Crippen molar-refractivity contribution < 1.29 is 20.4 Å². The fourth-order valence-electron chi connectivity index (χ4n) is 4.42. The van der Waals surface area contributed by atoms with Gasteiger partial charge in [0.25, 0.3) is 0 Å². The van der Waals surface area contributed by atoms with E-state index in [-0.39, 0.29) is 23.0 Å². The number of allylic oxidation sites excluding steroid dienone is 6. The Bertz CT molecular complexity index is 1080. The van der Waals surface area contributed by atoms with E-state index in [0.717, 1.165) is 22.3 Å². The van der Waals surface area contributed by atoms with Crippen molar-refractivity contribution in [2.24, 2.45) is 0 Å². The van der Waals surface area contributed by atoms with Gasteiger partial charge >= 0.3 is 0 Å². The van der Waals surface area contributed by atoms with Gasteiger partial charge < -0.3 is 20.4 Å². The maximum atomic E-state index is 11.0. The summed E-state index contributed by atoms with van der Waals surface area (Å²) in [6.45, 7) is 8.51. The molecular formula is C26H26O4. The molecule has 0 amide bonds. The van der Waals surface area contributed by atoms with E-state index < -0.39 is 5.41 Å². The molecule has 1 aliphatic rings. The first-order valence-corrected chi connectivity index (χ1v) is 9.67. The SMILES string of the molecule is C=C(O)/C=C(O)\C(=C/C)C1(/C(C)=C(O)/C=C(\C)O)c2ccccc2-c2ccccc21. The van der Waals surface area contributed by atoms with Crippen molar-refractivity contribution in [3.63, 3.8) is 0 Å². The summed E-state index contributed by atoms with van der Waals surface area (Å²) in [4.78, 5) is 0. The molecule has 0 aliphatic heterocycles. The molecule has 4 nitrogen and oxygen atoms in total. The second kappa shape index (κ2) is 7.99. The first-order valence-electron chi connectivity index (χ1n) is 9.67. The van der Waals surface area contributed by atoms with Crippen molar-refractivity contribution in [3.05, 3.63) is 119 Å². The van der Waals surface area contributed by atoms with Crippen LogP contribution in [0.4, 0.5) is 0 Å². The van der Waals surface area contributed by atoms with Gasteiger partial charge in [0.1, 0.15) is 17.3 Å². The number of hydrogen-bond acceptors (Lipinski definition) is 4. The third-order valence-electron chi connectivity index (χ3n) is 5.52. The number of aliphatic hydroxyl groups excluding tert-OH is 4. The van der Waals surface area contributed by atoms with Gasteiger partial charge in [-0.3, -0.25) is 0 Å². The molecule has 3 rings (SSSR count). The maximum absolute atomic E-state index is 11.0. The zero-order chi connectivity index (χ0) is 22.1. The van der Waals surface area contributed by atoms with Crippen LogP contribution < -0.4 is 0 Å². The van der Waals surface area contributed by atoms with Crippen LogP contribution >= 0.6 is 0 Å². The molecule has 0 aromatic heterocycles. The Morgan fingerprint density at radius 1 is 0.833 bits per heavy atom. The number of benzene rings is 2. The van der Waals surface area contributed by atoms with E-state index in [1.807, 2.05) is 48.5 Å². The molecular weight excluding hydrogens is 376 g/mol. The van der Waals surface area contributed by atoms with Gasteiger partial charge in [0.15, 0.2) is 0 Å². The Morgan fingerprint density at radius 3 is 1.77 bits per heavy atom. The Hall–Kier alpha value is -3.66. The number of hydrogen-bond donors (Lipinski definition) is 4. The zero-order valence-electron chi connectivity index (χ0n) is 17.3. The average Bonchev–Trinajstić information content (AvgIpc) is 2.99. The van der Waals surface area contributed by atoms with Gasteiger partial charge in [0, 0.05) is 17.7 Å². The summed E-state index contributed by atoms with van der Waals surface area (Å²) in [7, 11) is 0. The van der Waals surface area contributed by atoms with Crippen molar-refractivity contribution in [3.8, 4) is 11.1 Å². The largest absolute Gasteiger partial charge is 0.512 e. The van der Waals surface area contributed by atoms with Gasteiger partial charge in [-0.05, 0) is 48.6 Å². The summed E-state index contributed by atoms with van der Waals surface area (Å²) < 4.78 is 0.